The van der Waals surface area contributed by atoms with Gasteiger partial charge in [-0.3, -0.25) is 9.03 Å². The number of hydrogen-bond acceptors (Lipinski definition) is 5. The first-order valence-electron chi connectivity index (χ1n) is 6.59. The van der Waals surface area contributed by atoms with Gasteiger partial charge in [0.15, 0.2) is 0 Å². The SMILES string of the molecule is C=CCS(=O)(=O)Nc1ccc(N2CCCS2(=O)=O)cc1OC. The van der Waals surface area contributed by atoms with Gasteiger partial charge in [0.05, 0.1) is 30.0 Å². The molecule has 0 aliphatic carbocycles. The fraction of sp³-hybridized carbons (Fsp3) is 0.385. The van der Waals surface area contributed by atoms with Gasteiger partial charge in [0.25, 0.3) is 0 Å². The molecule has 0 atom stereocenters. The van der Waals surface area contributed by atoms with E-state index >= 15 is 0 Å². The molecule has 0 amide bonds. The maximum atomic E-state index is 11.9. The highest BCUT2D eigenvalue weighted by molar-refractivity contribution is 7.93. The van der Waals surface area contributed by atoms with Crippen molar-refractivity contribution in [1.29, 1.82) is 0 Å². The van der Waals surface area contributed by atoms with Crippen molar-refractivity contribution in [3.63, 3.8) is 0 Å². The third-order valence-corrected chi connectivity index (χ3v) is 6.25. The minimum Gasteiger partial charge on any atom is -0.494 e. The molecule has 1 heterocycles. The third-order valence-electron chi connectivity index (χ3n) is 3.18. The van der Waals surface area contributed by atoms with E-state index in [0.29, 0.717) is 18.7 Å². The summed E-state index contributed by atoms with van der Waals surface area (Å²) in [5.41, 5.74) is 0.714. The van der Waals surface area contributed by atoms with Gasteiger partial charge in [0.1, 0.15) is 5.75 Å². The molecule has 0 radical (unpaired) electrons. The second-order valence-electron chi connectivity index (χ2n) is 4.80. The zero-order chi connectivity index (χ0) is 16.4. The monoisotopic (exact) mass is 346 g/mol. The normalized spacial score (nSPS) is 17.2. The Morgan fingerprint density at radius 1 is 1.45 bits per heavy atom. The first kappa shape index (κ1) is 16.6. The molecule has 0 unspecified atom stereocenters. The van der Waals surface area contributed by atoms with E-state index in [1.807, 2.05) is 0 Å². The minimum atomic E-state index is -3.55. The summed E-state index contributed by atoms with van der Waals surface area (Å²) in [5.74, 6) is 0.147. The minimum absolute atomic E-state index is 0.114. The molecule has 122 valence electrons. The smallest absolute Gasteiger partial charge is 0.236 e. The van der Waals surface area contributed by atoms with Crippen LogP contribution in [0.15, 0.2) is 30.9 Å². The second kappa shape index (κ2) is 6.17. The quantitative estimate of drug-likeness (QED) is 0.780. The Hall–Kier alpha value is -1.74. The second-order valence-corrected chi connectivity index (χ2v) is 8.58. The molecule has 22 heavy (non-hydrogen) atoms. The topological polar surface area (TPSA) is 92.8 Å². The van der Waals surface area contributed by atoms with Crippen LogP contribution in [-0.4, -0.2) is 42.0 Å². The molecule has 0 bridgehead atoms. The van der Waals surface area contributed by atoms with Crippen molar-refractivity contribution in [1.82, 2.24) is 0 Å². The van der Waals surface area contributed by atoms with Gasteiger partial charge >= 0.3 is 0 Å². The summed E-state index contributed by atoms with van der Waals surface area (Å²) in [4.78, 5) is 0. The van der Waals surface area contributed by atoms with Crippen molar-refractivity contribution < 1.29 is 21.6 Å². The predicted octanol–water partition coefficient (Wildman–Crippen LogP) is 1.16. The first-order chi connectivity index (χ1) is 10.3. The number of hydrogen-bond donors (Lipinski definition) is 1. The summed E-state index contributed by atoms with van der Waals surface area (Å²) < 4.78 is 56.2. The summed E-state index contributed by atoms with van der Waals surface area (Å²) in [5, 5.41) is 0. The van der Waals surface area contributed by atoms with E-state index in [-0.39, 0.29) is 22.9 Å². The van der Waals surface area contributed by atoms with E-state index in [9.17, 15) is 16.8 Å². The zero-order valence-electron chi connectivity index (χ0n) is 12.1. The fourth-order valence-electron chi connectivity index (χ4n) is 2.21. The van der Waals surface area contributed by atoms with E-state index in [4.69, 9.17) is 4.74 Å². The lowest BCUT2D eigenvalue weighted by atomic mass is 10.2. The van der Waals surface area contributed by atoms with Gasteiger partial charge in [-0.2, -0.15) is 0 Å². The van der Waals surface area contributed by atoms with Crippen LogP contribution in [0.1, 0.15) is 6.42 Å². The van der Waals surface area contributed by atoms with E-state index < -0.39 is 20.0 Å². The highest BCUT2D eigenvalue weighted by Gasteiger charge is 2.29. The van der Waals surface area contributed by atoms with Gasteiger partial charge in [-0.05, 0) is 18.6 Å². The number of anilines is 2. The van der Waals surface area contributed by atoms with E-state index in [1.165, 1.54) is 29.6 Å². The lowest BCUT2D eigenvalue weighted by Gasteiger charge is -2.19. The number of ether oxygens (including phenoxy) is 1. The maximum Gasteiger partial charge on any atom is 0.236 e. The summed E-state index contributed by atoms with van der Waals surface area (Å²) in [6, 6.07) is 4.55. The number of nitrogens with one attached hydrogen (secondary N) is 1. The molecule has 1 saturated heterocycles. The van der Waals surface area contributed by atoms with Crippen LogP contribution in [0.3, 0.4) is 0 Å². The zero-order valence-corrected chi connectivity index (χ0v) is 13.8. The van der Waals surface area contributed by atoms with Crippen molar-refractivity contribution in [2.24, 2.45) is 0 Å². The lowest BCUT2D eigenvalue weighted by Crippen LogP contribution is -2.25. The van der Waals surface area contributed by atoms with Crippen LogP contribution in [0.2, 0.25) is 0 Å². The molecule has 1 aromatic rings. The van der Waals surface area contributed by atoms with Crippen LogP contribution in [0.4, 0.5) is 11.4 Å². The van der Waals surface area contributed by atoms with Crippen molar-refractivity contribution in [3.8, 4) is 5.75 Å². The molecule has 7 nitrogen and oxygen atoms in total. The maximum absolute atomic E-state index is 11.9. The fourth-order valence-corrected chi connectivity index (χ4v) is 4.67. The lowest BCUT2D eigenvalue weighted by molar-refractivity contribution is 0.417. The van der Waals surface area contributed by atoms with Gasteiger partial charge in [0.2, 0.25) is 20.0 Å². The van der Waals surface area contributed by atoms with Gasteiger partial charge in [-0.25, -0.2) is 16.8 Å². The van der Waals surface area contributed by atoms with Crippen LogP contribution in [0.25, 0.3) is 0 Å². The summed E-state index contributed by atoms with van der Waals surface area (Å²) in [7, 11) is -5.46. The average molecular weight is 346 g/mol. The Labute approximate surface area is 130 Å². The Bertz CT molecular complexity index is 772. The van der Waals surface area contributed by atoms with Crippen molar-refractivity contribution in [2.45, 2.75) is 6.42 Å². The van der Waals surface area contributed by atoms with Crippen LogP contribution in [0.5, 0.6) is 5.75 Å². The molecule has 2 rings (SSSR count). The largest absolute Gasteiger partial charge is 0.494 e. The molecule has 0 aromatic heterocycles. The molecular formula is C13H18N2O5S2. The molecule has 1 N–H and O–H groups in total. The molecule has 1 fully saturated rings. The van der Waals surface area contributed by atoms with Gasteiger partial charge in [-0.15, -0.1) is 6.58 Å². The van der Waals surface area contributed by atoms with Crippen LogP contribution < -0.4 is 13.8 Å². The molecule has 0 spiro atoms. The molecule has 0 saturated carbocycles. The summed E-state index contributed by atoms with van der Waals surface area (Å²) >= 11 is 0. The van der Waals surface area contributed by atoms with E-state index in [0.717, 1.165) is 0 Å². The Kier molecular flexibility index (Phi) is 4.66. The standard InChI is InChI=1S/C13H18N2O5S2/c1-3-8-21(16,17)14-12-6-5-11(10-13(12)20-2)15-7-4-9-22(15,18)19/h3,5-6,10,14H,1,4,7-9H2,2H3. The molecule has 1 aliphatic heterocycles. The predicted molar refractivity (Wildman–Crippen MR) is 86.4 cm³/mol. The highest BCUT2D eigenvalue weighted by atomic mass is 32.2. The molecular weight excluding hydrogens is 328 g/mol. The number of sulfonamides is 2. The third kappa shape index (κ3) is 3.53. The first-order valence-corrected chi connectivity index (χ1v) is 9.85. The van der Waals surface area contributed by atoms with Gasteiger partial charge in [0, 0.05) is 12.6 Å². The molecule has 1 aromatic carbocycles. The van der Waals surface area contributed by atoms with Gasteiger partial charge in [-0.1, -0.05) is 6.08 Å². The number of methoxy groups -OCH3 is 1. The Balaban J connectivity index is 2.34. The van der Waals surface area contributed by atoms with Crippen molar-refractivity contribution >= 4 is 31.4 Å². The van der Waals surface area contributed by atoms with Gasteiger partial charge < -0.3 is 4.74 Å². The number of rotatable bonds is 6. The van der Waals surface area contributed by atoms with Crippen molar-refractivity contribution in [2.75, 3.05) is 34.2 Å². The average Bonchev–Trinajstić information content (AvgIpc) is 2.78. The van der Waals surface area contributed by atoms with E-state index in [2.05, 4.69) is 11.3 Å². The van der Waals surface area contributed by atoms with Crippen LogP contribution in [0, 0.1) is 0 Å². The summed E-state index contributed by atoms with van der Waals surface area (Å²) in [6.07, 6.45) is 1.85. The Morgan fingerprint density at radius 3 is 2.73 bits per heavy atom. The highest BCUT2D eigenvalue weighted by Crippen LogP contribution is 2.33. The van der Waals surface area contributed by atoms with E-state index in [1.54, 1.807) is 6.07 Å². The van der Waals surface area contributed by atoms with Crippen LogP contribution >= 0.6 is 0 Å². The van der Waals surface area contributed by atoms with Crippen LogP contribution in [-0.2, 0) is 20.0 Å². The summed E-state index contributed by atoms with van der Waals surface area (Å²) in [6.45, 7) is 3.80. The number of benzene rings is 1. The number of nitrogens with zero attached hydrogens (tertiary/aromatic N) is 1. The molecule has 1 aliphatic rings. The van der Waals surface area contributed by atoms with Crippen molar-refractivity contribution in [3.05, 3.63) is 30.9 Å². The Morgan fingerprint density at radius 2 is 2.18 bits per heavy atom. The molecule has 9 heteroatoms.